The fourth-order valence-corrected chi connectivity index (χ4v) is 2.81. The molecule has 1 aromatic carbocycles. The Kier molecular flexibility index (Phi) is 8.99. The second-order valence-electron chi connectivity index (χ2n) is 5.73. The van der Waals surface area contributed by atoms with Crippen molar-refractivity contribution in [1.29, 1.82) is 0 Å². The van der Waals surface area contributed by atoms with Crippen LogP contribution in [-0.2, 0) is 11.2 Å². The van der Waals surface area contributed by atoms with Crippen molar-refractivity contribution in [2.45, 2.75) is 41.0 Å². The van der Waals surface area contributed by atoms with E-state index in [9.17, 15) is 0 Å². The van der Waals surface area contributed by atoms with Crippen LogP contribution in [0, 0.1) is 12.8 Å². The summed E-state index contributed by atoms with van der Waals surface area (Å²) in [5.74, 6) is 1.85. The predicted octanol–water partition coefficient (Wildman–Crippen LogP) is 5.03. The molecule has 0 aliphatic rings. The Balaban J connectivity index is 0.00000151. The first kappa shape index (κ1) is 21.0. The average molecular weight is 364 g/mol. The summed E-state index contributed by atoms with van der Waals surface area (Å²) in [5, 5.41) is 13.0. The number of aromatic nitrogens is 2. The first-order chi connectivity index (χ1) is 12.0. The summed E-state index contributed by atoms with van der Waals surface area (Å²) in [5.41, 5.74) is 2.30. The number of rotatable bonds is 8. The molecule has 138 valence electrons. The topological polar surface area (TPSA) is 56.3 Å². The predicted molar refractivity (Wildman–Crippen MR) is 105 cm³/mol. The molecule has 0 saturated carbocycles. The fraction of sp³-hybridized carbons (Fsp3) is 0.474. The first-order valence-electron chi connectivity index (χ1n) is 8.52. The molecule has 2 rings (SSSR count). The van der Waals surface area contributed by atoms with E-state index in [1.165, 1.54) is 16.9 Å². The van der Waals surface area contributed by atoms with Gasteiger partial charge in [-0.3, -0.25) is 0 Å². The lowest BCUT2D eigenvalue weighted by atomic mass is 10.1. The fourth-order valence-electron chi connectivity index (χ4n) is 2.02. The van der Waals surface area contributed by atoms with Gasteiger partial charge in [-0.05, 0) is 36.6 Å². The zero-order valence-corrected chi connectivity index (χ0v) is 16.9. The molecule has 0 spiro atoms. The minimum Gasteiger partial charge on any atom is -0.496 e. The summed E-state index contributed by atoms with van der Waals surface area (Å²) < 4.78 is 10.8. The number of ether oxygens (including phenoxy) is 2. The molecule has 1 N–H and O–H groups in total. The average Bonchev–Trinajstić information content (AvgIpc) is 3.02. The van der Waals surface area contributed by atoms with E-state index < -0.39 is 0 Å². The number of aryl methyl sites for hydroxylation is 1. The third-order valence-electron chi connectivity index (χ3n) is 3.12. The van der Waals surface area contributed by atoms with Crippen LogP contribution in [-0.4, -0.2) is 23.9 Å². The molecule has 0 bridgehead atoms. The molecule has 5 nitrogen and oxygen atoms in total. The lowest BCUT2D eigenvalue weighted by Gasteiger charge is -2.10. The van der Waals surface area contributed by atoms with Gasteiger partial charge in [0, 0.05) is 6.42 Å². The van der Waals surface area contributed by atoms with Crippen LogP contribution in [0.3, 0.4) is 0 Å². The van der Waals surface area contributed by atoms with Crippen LogP contribution in [0.4, 0.5) is 5.13 Å². The molecule has 0 aliphatic carbocycles. The maximum absolute atomic E-state index is 5.50. The summed E-state index contributed by atoms with van der Waals surface area (Å²) in [7, 11) is 1.68. The second-order valence-corrected chi connectivity index (χ2v) is 6.80. The van der Waals surface area contributed by atoms with E-state index in [1.54, 1.807) is 7.11 Å². The van der Waals surface area contributed by atoms with Gasteiger partial charge in [0.25, 0.3) is 0 Å². The number of benzene rings is 1. The molecule has 0 fully saturated rings. The third-order valence-corrected chi connectivity index (χ3v) is 3.96. The summed E-state index contributed by atoms with van der Waals surface area (Å²) in [6, 6.07) is 6.13. The SMILES string of the molecule is C=C(Nc1nnc(Cc2ccc(OC)c(C)c2)s1)OCC(C)C.CC. The number of methoxy groups -OCH3 is 1. The van der Waals surface area contributed by atoms with E-state index in [0.29, 0.717) is 23.5 Å². The lowest BCUT2D eigenvalue weighted by Crippen LogP contribution is -2.07. The van der Waals surface area contributed by atoms with Gasteiger partial charge in [-0.15, -0.1) is 10.2 Å². The molecule has 0 atom stereocenters. The Labute approximate surface area is 155 Å². The summed E-state index contributed by atoms with van der Waals surface area (Å²) in [4.78, 5) is 0. The molecule has 0 unspecified atom stereocenters. The van der Waals surface area contributed by atoms with Gasteiger partial charge in [0.05, 0.1) is 13.7 Å². The van der Waals surface area contributed by atoms with Gasteiger partial charge in [0.15, 0.2) is 5.88 Å². The Morgan fingerprint density at radius 2 is 2.00 bits per heavy atom. The van der Waals surface area contributed by atoms with Gasteiger partial charge in [-0.25, -0.2) is 0 Å². The maximum Gasteiger partial charge on any atom is 0.212 e. The van der Waals surface area contributed by atoms with Crippen LogP contribution in [0.1, 0.15) is 43.8 Å². The van der Waals surface area contributed by atoms with Crippen LogP contribution < -0.4 is 10.1 Å². The van der Waals surface area contributed by atoms with Gasteiger partial charge in [-0.2, -0.15) is 0 Å². The van der Waals surface area contributed by atoms with Crippen molar-refractivity contribution >= 4 is 16.5 Å². The highest BCUT2D eigenvalue weighted by Gasteiger charge is 2.08. The van der Waals surface area contributed by atoms with Crippen LogP contribution >= 0.6 is 11.3 Å². The molecule has 6 heteroatoms. The van der Waals surface area contributed by atoms with Crippen molar-refractivity contribution in [3.8, 4) is 5.75 Å². The van der Waals surface area contributed by atoms with Crippen molar-refractivity contribution in [3.05, 3.63) is 46.8 Å². The number of nitrogens with zero attached hydrogens (tertiary/aromatic N) is 2. The van der Waals surface area contributed by atoms with E-state index in [2.05, 4.69) is 42.0 Å². The summed E-state index contributed by atoms with van der Waals surface area (Å²) >= 11 is 1.50. The zero-order chi connectivity index (χ0) is 18.8. The highest BCUT2D eigenvalue weighted by molar-refractivity contribution is 7.15. The van der Waals surface area contributed by atoms with Gasteiger partial charge >= 0.3 is 0 Å². The van der Waals surface area contributed by atoms with Crippen LogP contribution in [0.25, 0.3) is 0 Å². The Bertz CT molecular complexity index is 668. The Hall–Kier alpha value is -2.08. The van der Waals surface area contributed by atoms with E-state index in [-0.39, 0.29) is 0 Å². The van der Waals surface area contributed by atoms with Crippen LogP contribution in [0.2, 0.25) is 0 Å². The number of hydrogen-bond acceptors (Lipinski definition) is 6. The molecule has 0 saturated heterocycles. The van der Waals surface area contributed by atoms with Crippen molar-refractivity contribution in [3.63, 3.8) is 0 Å². The smallest absolute Gasteiger partial charge is 0.212 e. The number of anilines is 1. The standard InChI is InChI=1S/C17H23N3O2S.C2H6/c1-11(2)10-22-13(4)18-17-20-19-16(23-17)9-14-6-7-15(21-5)12(3)8-14;1-2/h6-8,11H,4,9-10H2,1-3,5H3,(H,18,20);1-2H3. The molecular weight excluding hydrogens is 334 g/mol. The van der Waals surface area contributed by atoms with Gasteiger partial charge in [-0.1, -0.05) is 51.2 Å². The molecule has 1 aromatic heterocycles. The number of hydrogen-bond donors (Lipinski definition) is 1. The highest BCUT2D eigenvalue weighted by Crippen LogP contribution is 2.23. The minimum absolute atomic E-state index is 0.455. The number of nitrogens with one attached hydrogen (secondary N) is 1. The van der Waals surface area contributed by atoms with E-state index in [4.69, 9.17) is 9.47 Å². The van der Waals surface area contributed by atoms with Gasteiger partial charge < -0.3 is 14.8 Å². The summed E-state index contributed by atoms with van der Waals surface area (Å²) in [6.07, 6.45) is 0.740. The van der Waals surface area contributed by atoms with Gasteiger partial charge in [0.1, 0.15) is 10.8 Å². The van der Waals surface area contributed by atoms with Crippen molar-refractivity contribution in [1.82, 2.24) is 10.2 Å². The largest absolute Gasteiger partial charge is 0.496 e. The quantitative estimate of drug-likeness (QED) is 0.667. The molecular formula is C19H29N3O2S. The zero-order valence-electron chi connectivity index (χ0n) is 16.0. The molecule has 0 amide bonds. The second kappa shape index (κ2) is 10.7. The molecule has 25 heavy (non-hydrogen) atoms. The van der Waals surface area contributed by atoms with E-state index >= 15 is 0 Å². The molecule has 0 aliphatic heterocycles. The van der Waals surface area contributed by atoms with Gasteiger partial charge in [0.2, 0.25) is 5.13 Å². The third kappa shape index (κ3) is 7.13. The molecule has 2 aromatic rings. The maximum atomic E-state index is 5.50. The Morgan fingerprint density at radius 3 is 2.60 bits per heavy atom. The normalized spacial score (nSPS) is 10.0. The highest BCUT2D eigenvalue weighted by atomic mass is 32.1. The van der Waals surface area contributed by atoms with Crippen molar-refractivity contribution < 1.29 is 9.47 Å². The van der Waals surface area contributed by atoms with Crippen molar-refractivity contribution in [2.24, 2.45) is 5.92 Å². The Morgan fingerprint density at radius 1 is 1.28 bits per heavy atom. The first-order valence-corrected chi connectivity index (χ1v) is 9.34. The minimum atomic E-state index is 0.455. The van der Waals surface area contributed by atoms with Crippen molar-refractivity contribution in [2.75, 3.05) is 19.0 Å². The van der Waals surface area contributed by atoms with E-state index in [1.807, 2.05) is 32.9 Å². The molecule has 0 radical (unpaired) electrons. The molecule has 1 heterocycles. The monoisotopic (exact) mass is 363 g/mol. The van der Waals surface area contributed by atoms with E-state index in [0.717, 1.165) is 22.7 Å². The van der Waals surface area contributed by atoms with Crippen LogP contribution in [0.5, 0.6) is 5.75 Å². The summed E-state index contributed by atoms with van der Waals surface area (Å²) in [6.45, 7) is 14.7. The van der Waals surface area contributed by atoms with Crippen LogP contribution in [0.15, 0.2) is 30.7 Å². The lowest BCUT2D eigenvalue weighted by molar-refractivity contribution is 0.185.